The zero-order valence-corrected chi connectivity index (χ0v) is 12.0. The van der Waals surface area contributed by atoms with Crippen LogP contribution in [0.1, 0.15) is 40.0 Å². The summed E-state index contributed by atoms with van der Waals surface area (Å²) in [6.07, 6.45) is 3.85. The molecule has 0 saturated carbocycles. The standard InChI is InChI=1S/C14H29N3/c1-5-13(2,3)16(4)14(10-15)11-17-8-6-12(14)7-9-17/h12H,5-11,15H2,1-4H3. The third kappa shape index (κ3) is 2.02. The fourth-order valence-electron chi connectivity index (χ4n) is 3.73. The Bertz CT molecular complexity index is 269. The van der Waals surface area contributed by atoms with E-state index >= 15 is 0 Å². The number of likely N-dealkylation sites (N-methyl/N-ethyl adjacent to an activating group) is 1. The summed E-state index contributed by atoms with van der Waals surface area (Å²) in [6, 6.07) is 0. The minimum absolute atomic E-state index is 0.218. The quantitative estimate of drug-likeness (QED) is 0.807. The van der Waals surface area contributed by atoms with Crippen molar-refractivity contribution in [2.45, 2.75) is 51.1 Å². The molecular weight excluding hydrogens is 210 g/mol. The second kappa shape index (κ2) is 4.52. The van der Waals surface area contributed by atoms with Crippen LogP contribution in [0, 0.1) is 5.92 Å². The lowest BCUT2D eigenvalue weighted by Gasteiger charge is -2.60. The Morgan fingerprint density at radius 2 is 1.94 bits per heavy atom. The van der Waals surface area contributed by atoms with E-state index in [9.17, 15) is 0 Å². The molecule has 0 aliphatic carbocycles. The largest absolute Gasteiger partial charge is 0.329 e. The molecule has 2 N–H and O–H groups in total. The molecular formula is C14H29N3. The number of piperidine rings is 3. The molecule has 0 radical (unpaired) electrons. The number of rotatable bonds is 4. The maximum atomic E-state index is 6.21. The molecule has 3 rings (SSSR count). The van der Waals surface area contributed by atoms with Gasteiger partial charge >= 0.3 is 0 Å². The lowest BCUT2D eigenvalue weighted by molar-refractivity contribution is -0.0941. The first-order valence-electron chi connectivity index (χ1n) is 7.12. The number of nitrogens with zero attached hydrogens (tertiary/aromatic N) is 2. The molecule has 0 aromatic heterocycles. The molecule has 1 atom stereocenters. The maximum Gasteiger partial charge on any atom is 0.0489 e. The van der Waals surface area contributed by atoms with Crippen molar-refractivity contribution in [1.29, 1.82) is 0 Å². The number of nitrogens with two attached hydrogens (primary N) is 1. The molecule has 17 heavy (non-hydrogen) atoms. The monoisotopic (exact) mass is 239 g/mol. The number of fused-ring (bicyclic) bond motifs is 3. The highest BCUT2D eigenvalue weighted by Gasteiger charge is 2.51. The van der Waals surface area contributed by atoms with Crippen molar-refractivity contribution in [3.63, 3.8) is 0 Å². The molecule has 0 aromatic carbocycles. The minimum atomic E-state index is 0.218. The molecule has 3 nitrogen and oxygen atoms in total. The van der Waals surface area contributed by atoms with Crippen LogP contribution in [0.4, 0.5) is 0 Å². The Kier molecular flexibility index (Phi) is 3.54. The first kappa shape index (κ1) is 13.3. The third-order valence-corrected chi connectivity index (χ3v) is 5.64. The summed E-state index contributed by atoms with van der Waals surface area (Å²) in [6.45, 7) is 11.5. The van der Waals surface area contributed by atoms with Crippen LogP contribution < -0.4 is 5.73 Å². The molecule has 3 aliphatic rings. The van der Waals surface area contributed by atoms with E-state index in [2.05, 4.69) is 37.6 Å². The van der Waals surface area contributed by atoms with E-state index in [-0.39, 0.29) is 11.1 Å². The summed E-state index contributed by atoms with van der Waals surface area (Å²) in [7, 11) is 2.29. The van der Waals surface area contributed by atoms with Gasteiger partial charge < -0.3 is 10.6 Å². The SMILES string of the molecule is CCC(C)(C)N(C)C1(CN)CN2CCC1CC2. The average molecular weight is 239 g/mol. The molecule has 3 fully saturated rings. The normalized spacial score (nSPS) is 37.8. The fraction of sp³-hybridized carbons (Fsp3) is 1.00. The van der Waals surface area contributed by atoms with Crippen molar-refractivity contribution < 1.29 is 0 Å². The molecule has 3 aliphatic heterocycles. The topological polar surface area (TPSA) is 32.5 Å². The van der Waals surface area contributed by atoms with E-state index in [4.69, 9.17) is 5.73 Å². The van der Waals surface area contributed by atoms with Gasteiger partial charge in [0.05, 0.1) is 0 Å². The van der Waals surface area contributed by atoms with Gasteiger partial charge in [0.15, 0.2) is 0 Å². The highest BCUT2D eigenvalue weighted by atomic mass is 15.3. The molecule has 3 saturated heterocycles. The molecule has 1 unspecified atom stereocenters. The highest BCUT2D eigenvalue weighted by molar-refractivity contribution is 5.08. The van der Waals surface area contributed by atoms with Gasteiger partial charge in [0, 0.05) is 24.2 Å². The van der Waals surface area contributed by atoms with Crippen LogP contribution in [0.25, 0.3) is 0 Å². The van der Waals surface area contributed by atoms with Gasteiger partial charge in [-0.25, -0.2) is 0 Å². The maximum absolute atomic E-state index is 6.21. The minimum Gasteiger partial charge on any atom is -0.329 e. The van der Waals surface area contributed by atoms with Gasteiger partial charge in [0.25, 0.3) is 0 Å². The predicted octanol–water partition coefficient (Wildman–Crippen LogP) is 1.53. The molecule has 100 valence electrons. The molecule has 0 amide bonds. The summed E-state index contributed by atoms with van der Waals surface area (Å²) in [5, 5.41) is 0. The number of hydrogen-bond donors (Lipinski definition) is 1. The zero-order valence-electron chi connectivity index (χ0n) is 12.0. The van der Waals surface area contributed by atoms with Gasteiger partial charge in [-0.1, -0.05) is 6.92 Å². The Hall–Kier alpha value is -0.120. The van der Waals surface area contributed by atoms with Gasteiger partial charge in [0.2, 0.25) is 0 Å². The molecule has 2 bridgehead atoms. The third-order valence-electron chi connectivity index (χ3n) is 5.64. The summed E-state index contributed by atoms with van der Waals surface area (Å²) in [5.74, 6) is 0.799. The van der Waals surface area contributed by atoms with E-state index < -0.39 is 0 Å². The van der Waals surface area contributed by atoms with Crippen molar-refractivity contribution in [2.24, 2.45) is 11.7 Å². The Labute approximate surface area is 106 Å². The molecule has 0 spiro atoms. The molecule has 3 heteroatoms. The number of hydrogen-bond acceptors (Lipinski definition) is 3. The summed E-state index contributed by atoms with van der Waals surface area (Å²) in [5.41, 5.74) is 6.67. The lowest BCUT2D eigenvalue weighted by Crippen LogP contribution is -2.72. The second-order valence-electron chi connectivity index (χ2n) is 6.58. The predicted molar refractivity (Wildman–Crippen MR) is 73.1 cm³/mol. The van der Waals surface area contributed by atoms with E-state index in [1.807, 2.05) is 0 Å². The van der Waals surface area contributed by atoms with Crippen molar-refractivity contribution in [2.75, 3.05) is 33.2 Å². The van der Waals surface area contributed by atoms with Gasteiger partial charge in [0.1, 0.15) is 0 Å². The Balaban J connectivity index is 2.25. The Morgan fingerprint density at radius 1 is 1.35 bits per heavy atom. The fourth-order valence-corrected chi connectivity index (χ4v) is 3.73. The van der Waals surface area contributed by atoms with E-state index in [1.165, 1.54) is 38.9 Å². The van der Waals surface area contributed by atoms with Crippen LogP contribution in [0.15, 0.2) is 0 Å². The van der Waals surface area contributed by atoms with Gasteiger partial charge in [-0.2, -0.15) is 0 Å². The average Bonchev–Trinajstić information content (AvgIpc) is 2.38. The van der Waals surface area contributed by atoms with E-state index in [1.54, 1.807) is 0 Å². The van der Waals surface area contributed by atoms with Crippen LogP contribution in [-0.4, -0.2) is 54.1 Å². The lowest BCUT2D eigenvalue weighted by atomic mass is 9.70. The molecule has 3 heterocycles. The van der Waals surface area contributed by atoms with E-state index in [0.29, 0.717) is 0 Å². The van der Waals surface area contributed by atoms with E-state index in [0.717, 1.165) is 12.5 Å². The Morgan fingerprint density at radius 3 is 2.29 bits per heavy atom. The van der Waals surface area contributed by atoms with Crippen molar-refractivity contribution in [3.8, 4) is 0 Å². The van der Waals surface area contributed by atoms with Crippen molar-refractivity contribution in [1.82, 2.24) is 9.80 Å². The van der Waals surface area contributed by atoms with Crippen LogP contribution >= 0.6 is 0 Å². The first-order valence-corrected chi connectivity index (χ1v) is 7.12. The van der Waals surface area contributed by atoms with Gasteiger partial charge in [-0.3, -0.25) is 4.90 Å². The summed E-state index contributed by atoms with van der Waals surface area (Å²) < 4.78 is 0. The van der Waals surface area contributed by atoms with Gasteiger partial charge in [-0.15, -0.1) is 0 Å². The van der Waals surface area contributed by atoms with Crippen LogP contribution in [-0.2, 0) is 0 Å². The summed E-state index contributed by atoms with van der Waals surface area (Å²) in [4.78, 5) is 5.20. The smallest absolute Gasteiger partial charge is 0.0489 e. The molecule has 0 aromatic rings. The van der Waals surface area contributed by atoms with Gasteiger partial charge in [-0.05, 0) is 59.2 Å². The highest BCUT2D eigenvalue weighted by Crippen LogP contribution is 2.41. The van der Waals surface area contributed by atoms with Crippen LogP contribution in [0.2, 0.25) is 0 Å². The van der Waals surface area contributed by atoms with Crippen LogP contribution in [0.3, 0.4) is 0 Å². The van der Waals surface area contributed by atoms with Crippen molar-refractivity contribution in [3.05, 3.63) is 0 Å². The first-order chi connectivity index (χ1) is 7.96. The zero-order chi connectivity index (χ0) is 12.7. The second-order valence-corrected chi connectivity index (χ2v) is 6.58. The van der Waals surface area contributed by atoms with Crippen LogP contribution in [0.5, 0.6) is 0 Å². The van der Waals surface area contributed by atoms with Crippen molar-refractivity contribution >= 4 is 0 Å². The summed E-state index contributed by atoms with van der Waals surface area (Å²) >= 11 is 0.